The molecule has 17 heavy (non-hydrogen) atoms. The number of rotatable bonds is 5. The summed E-state index contributed by atoms with van der Waals surface area (Å²) in [5.41, 5.74) is 5.10. The Morgan fingerprint density at radius 2 is 1.65 bits per heavy atom. The van der Waals surface area contributed by atoms with Crippen molar-refractivity contribution in [2.24, 2.45) is 5.73 Å². The highest BCUT2D eigenvalue weighted by molar-refractivity contribution is 5.46. The van der Waals surface area contributed by atoms with E-state index in [1.165, 1.54) is 12.1 Å². The molecular formula is C9H11N3O5. The number of nitrogens with two attached hydrogens (primary N) is 1. The van der Waals surface area contributed by atoms with Gasteiger partial charge in [0.15, 0.2) is 0 Å². The number of nitro benzene ring substituents is 2. The molecule has 1 atom stereocenters. The van der Waals surface area contributed by atoms with Crippen molar-refractivity contribution in [3.63, 3.8) is 0 Å². The fourth-order valence-electron chi connectivity index (χ4n) is 1.35. The normalized spacial score (nSPS) is 12.1. The number of nitrogens with zero attached hydrogens (tertiary/aromatic N) is 2. The first-order chi connectivity index (χ1) is 7.93. The van der Waals surface area contributed by atoms with Crippen LogP contribution in [-0.2, 0) is 6.42 Å². The summed E-state index contributed by atoms with van der Waals surface area (Å²) in [5, 5.41) is 29.9. The van der Waals surface area contributed by atoms with Crippen molar-refractivity contribution in [1.29, 1.82) is 0 Å². The van der Waals surface area contributed by atoms with Crippen molar-refractivity contribution in [3.05, 3.63) is 44.0 Å². The lowest BCUT2D eigenvalue weighted by Gasteiger charge is -2.07. The number of non-ortho nitro benzene ring substituents is 2. The first-order valence-electron chi connectivity index (χ1n) is 4.73. The van der Waals surface area contributed by atoms with Crippen LogP contribution < -0.4 is 5.73 Å². The van der Waals surface area contributed by atoms with Gasteiger partial charge in [0.25, 0.3) is 11.4 Å². The number of aliphatic hydroxyl groups excluding tert-OH is 1. The molecule has 0 aliphatic rings. The van der Waals surface area contributed by atoms with E-state index in [0.29, 0.717) is 5.56 Å². The van der Waals surface area contributed by atoms with E-state index >= 15 is 0 Å². The van der Waals surface area contributed by atoms with Crippen molar-refractivity contribution >= 4 is 11.4 Å². The Hall–Kier alpha value is -2.06. The van der Waals surface area contributed by atoms with Crippen LogP contribution in [0.15, 0.2) is 18.2 Å². The summed E-state index contributed by atoms with van der Waals surface area (Å²) >= 11 is 0. The number of hydrogen-bond acceptors (Lipinski definition) is 6. The summed E-state index contributed by atoms with van der Waals surface area (Å²) in [6.07, 6.45) is 0.138. The molecule has 8 nitrogen and oxygen atoms in total. The molecule has 1 unspecified atom stereocenters. The van der Waals surface area contributed by atoms with Gasteiger partial charge in [0.2, 0.25) is 0 Å². The van der Waals surface area contributed by atoms with E-state index in [2.05, 4.69) is 0 Å². The SMILES string of the molecule is NC(CO)Cc1cc([N+](=O)[O-])cc([N+](=O)[O-])c1. The average molecular weight is 241 g/mol. The monoisotopic (exact) mass is 241 g/mol. The van der Waals surface area contributed by atoms with Crippen LogP contribution in [0.1, 0.15) is 5.56 Å². The van der Waals surface area contributed by atoms with Crippen LogP contribution in [0.3, 0.4) is 0 Å². The zero-order chi connectivity index (χ0) is 13.0. The Morgan fingerprint density at radius 1 is 1.18 bits per heavy atom. The molecular weight excluding hydrogens is 230 g/mol. The van der Waals surface area contributed by atoms with Gasteiger partial charge in [-0.15, -0.1) is 0 Å². The number of benzene rings is 1. The third kappa shape index (κ3) is 3.47. The molecule has 92 valence electrons. The van der Waals surface area contributed by atoms with Crippen LogP contribution in [-0.4, -0.2) is 27.6 Å². The quantitative estimate of drug-likeness (QED) is 0.565. The van der Waals surface area contributed by atoms with Gasteiger partial charge in [-0.1, -0.05) is 0 Å². The minimum atomic E-state index is -0.707. The van der Waals surface area contributed by atoms with Crippen molar-refractivity contribution in [2.75, 3.05) is 6.61 Å². The van der Waals surface area contributed by atoms with E-state index in [1.54, 1.807) is 0 Å². The lowest BCUT2D eigenvalue weighted by Crippen LogP contribution is -2.26. The molecule has 0 spiro atoms. The molecule has 1 rings (SSSR count). The lowest BCUT2D eigenvalue weighted by molar-refractivity contribution is -0.394. The van der Waals surface area contributed by atoms with Gasteiger partial charge in [0.1, 0.15) is 0 Å². The van der Waals surface area contributed by atoms with Crippen LogP contribution in [0.25, 0.3) is 0 Å². The topological polar surface area (TPSA) is 133 Å². The number of aliphatic hydroxyl groups is 1. The third-order valence-corrected chi connectivity index (χ3v) is 2.12. The Balaban J connectivity index is 3.12. The summed E-state index contributed by atoms with van der Waals surface area (Å²) < 4.78 is 0. The Morgan fingerprint density at radius 3 is 2.00 bits per heavy atom. The van der Waals surface area contributed by atoms with E-state index in [4.69, 9.17) is 10.8 Å². The average Bonchev–Trinajstić information content (AvgIpc) is 2.28. The predicted octanol–water partition coefficient (Wildman–Crippen LogP) is 0.365. The van der Waals surface area contributed by atoms with Gasteiger partial charge in [0.05, 0.1) is 22.5 Å². The van der Waals surface area contributed by atoms with Crippen molar-refractivity contribution in [1.82, 2.24) is 0 Å². The molecule has 0 bridgehead atoms. The fraction of sp³-hybridized carbons (Fsp3) is 0.333. The highest BCUT2D eigenvalue weighted by atomic mass is 16.6. The van der Waals surface area contributed by atoms with E-state index in [1.807, 2.05) is 0 Å². The zero-order valence-corrected chi connectivity index (χ0v) is 8.78. The summed E-state index contributed by atoms with van der Waals surface area (Å²) in [6, 6.07) is 2.70. The summed E-state index contributed by atoms with van der Waals surface area (Å²) in [5.74, 6) is 0. The fourth-order valence-corrected chi connectivity index (χ4v) is 1.35. The Bertz CT molecular complexity index is 416. The number of hydrogen-bond donors (Lipinski definition) is 2. The highest BCUT2D eigenvalue weighted by Crippen LogP contribution is 2.23. The third-order valence-electron chi connectivity index (χ3n) is 2.12. The molecule has 0 amide bonds. The second-order valence-electron chi connectivity index (χ2n) is 3.52. The molecule has 0 aliphatic carbocycles. The van der Waals surface area contributed by atoms with Crippen molar-refractivity contribution in [2.45, 2.75) is 12.5 Å². The van der Waals surface area contributed by atoms with E-state index < -0.39 is 15.9 Å². The van der Waals surface area contributed by atoms with E-state index in [-0.39, 0.29) is 24.4 Å². The molecule has 0 saturated heterocycles. The van der Waals surface area contributed by atoms with Crippen molar-refractivity contribution in [3.8, 4) is 0 Å². The van der Waals surface area contributed by atoms with Crippen LogP contribution in [0, 0.1) is 20.2 Å². The van der Waals surface area contributed by atoms with E-state index in [0.717, 1.165) is 6.07 Å². The summed E-state index contributed by atoms with van der Waals surface area (Å²) in [7, 11) is 0. The van der Waals surface area contributed by atoms with Crippen LogP contribution >= 0.6 is 0 Å². The van der Waals surface area contributed by atoms with Crippen LogP contribution in [0.4, 0.5) is 11.4 Å². The van der Waals surface area contributed by atoms with Gasteiger partial charge in [0, 0.05) is 18.2 Å². The van der Waals surface area contributed by atoms with Crippen molar-refractivity contribution < 1.29 is 15.0 Å². The summed E-state index contributed by atoms with van der Waals surface area (Å²) in [6.45, 7) is -0.295. The molecule has 0 aromatic heterocycles. The smallest absolute Gasteiger partial charge is 0.276 e. The van der Waals surface area contributed by atoms with Gasteiger partial charge >= 0.3 is 0 Å². The van der Waals surface area contributed by atoms with Gasteiger partial charge in [-0.3, -0.25) is 20.2 Å². The minimum absolute atomic E-state index is 0.138. The molecule has 1 aromatic rings. The minimum Gasteiger partial charge on any atom is -0.395 e. The highest BCUT2D eigenvalue weighted by Gasteiger charge is 2.17. The molecule has 0 fully saturated rings. The largest absolute Gasteiger partial charge is 0.395 e. The van der Waals surface area contributed by atoms with Gasteiger partial charge in [-0.25, -0.2) is 0 Å². The second-order valence-corrected chi connectivity index (χ2v) is 3.52. The van der Waals surface area contributed by atoms with Crippen LogP contribution in [0.5, 0.6) is 0 Å². The molecule has 8 heteroatoms. The standard InChI is InChI=1S/C9H11N3O5/c10-7(5-13)1-6-2-8(11(14)15)4-9(3-6)12(16)17/h2-4,7,13H,1,5,10H2. The molecule has 0 saturated carbocycles. The van der Waals surface area contributed by atoms with Gasteiger partial charge < -0.3 is 10.8 Å². The molecule has 0 aliphatic heterocycles. The molecule has 0 heterocycles. The zero-order valence-electron chi connectivity index (χ0n) is 8.78. The maximum absolute atomic E-state index is 10.6. The number of nitro groups is 2. The maximum Gasteiger partial charge on any atom is 0.276 e. The molecule has 3 N–H and O–H groups in total. The maximum atomic E-state index is 10.6. The van der Waals surface area contributed by atoms with Gasteiger partial charge in [-0.05, 0) is 12.0 Å². The first-order valence-corrected chi connectivity index (χ1v) is 4.73. The predicted molar refractivity (Wildman–Crippen MR) is 58.5 cm³/mol. The Kier molecular flexibility index (Phi) is 4.07. The van der Waals surface area contributed by atoms with E-state index in [9.17, 15) is 20.2 Å². The Labute approximate surface area is 96.0 Å². The summed E-state index contributed by atoms with van der Waals surface area (Å²) in [4.78, 5) is 19.8. The van der Waals surface area contributed by atoms with Crippen LogP contribution in [0.2, 0.25) is 0 Å². The molecule has 1 aromatic carbocycles. The molecule has 0 radical (unpaired) electrons. The van der Waals surface area contributed by atoms with Gasteiger partial charge in [-0.2, -0.15) is 0 Å². The second kappa shape index (κ2) is 5.32. The lowest BCUT2D eigenvalue weighted by atomic mass is 10.1. The first kappa shape index (κ1) is 13.0.